The van der Waals surface area contributed by atoms with E-state index in [2.05, 4.69) is 9.71 Å². The maximum atomic E-state index is 12.4. The molecular formula is C20H20N2O2S. The lowest BCUT2D eigenvalue weighted by Gasteiger charge is -2.12. The van der Waals surface area contributed by atoms with Crippen molar-refractivity contribution in [1.29, 1.82) is 0 Å². The maximum Gasteiger partial charge on any atom is 0.236 e. The molecule has 0 amide bonds. The van der Waals surface area contributed by atoms with Crippen LogP contribution in [0.25, 0.3) is 11.1 Å². The molecule has 0 fully saturated rings. The number of pyridine rings is 1. The Balaban J connectivity index is 1.83. The number of aromatic nitrogens is 1. The number of rotatable bonds is 5. The highest BCUT2D eigenvalue weighted by Gasteiger charge is 2.13. The van der Waals surface area contributed by atoms with E-state index in [9.17, 15) is 8.42 Å². The van der Waals surface area contributed by atoms with Gasteiger partial charge >= 0.3 is 0 Å². The molecule has 4 nitrogen and oxygen atoms in total. The smallest absolute Gasteiger partial charge is 0.236 e. The number of nitrogens with zero attached hydrogens (tertiary/aromatic N) is 1. The normalized spacial score (nSPS) is 11.3. The molecule has 1 heterocycles. The Morgan fingerprint density at radius 1 is 0.920 bits per heavy atom. The van der Waals surface area contributed by atoms with Gasteiger partial charge in [-0.15, -0.1) is 0 Å². The highest BCUT2D eigenvalue weighted by atomic mass is 32.2. The quantitative estimate of drug-likeness (QED) is 0.744. The third-order valence-electron chi connectivity index (χ3n) is 4.03. The van der Waals surface area contributed by atoms with E-state index in [1.807, 2.05) is 56.4 Å². The first-order valence-electron chi connectivity index (χ1n) is 8.01. The molecule has 0 aliphatic heterocycles. The first-order valence-corrected chi connectivity index (χ1v) is 9.66. The monoisotopic (exact) mass is 352 g/mol. The Bertz CT molecular complexity index is 984. The third kappa shape index (κ3) is 4.25. The highest BCUT2D eigenvalue weighted by Crippen LogP contribution is 2.28. The van der Waals surface area contributed by atoms with Gasteiger partial charge in [0.25, 0.3) is 0 Å². The number of hydrogen-bond acceptors (Lipinski definition) is 3. The third-order valence-corrected chi connectivity index (χ3v) is 5.29. The molecular weight excluding hydrogens is 332 g/mol. The van der Waals surface area contributed by atoms with Gasteiger partial charge in [-0.1, -0.05) is 36.4 Å². The van der Waals surface area contributed by atoms with Gasteiger partial charge in [-0.2, -0.15) is 0 Å². The van der Waals surface area contributed by atoms with E-state index in [0.29, 0.717) is 5.69 Å². The highest BCUT2D eigenvalue weighted by molar-refractivity contribution is 7.91. The topological polar surface area (TPSA) is 59.1 Å². The molecule has 1 aromatic heterocycles. The van der Waals surface area contributed by atoms with Crippen LogP contribution in [0.4, 0.5) is 5.69 Å². The molecule has 0 unspecified atom stereocenters. The van der Waals surface area contributed by atoms with Crippen molar-refractivity contribution in [2.24, 2.45) is 0 Å². The summed E-state index contributed by atoms with van der Waals surface area (Å²) in [5.41, 5.74) is 5.56. The number of hydrogen-bond donors (Lipinski definition) is 1. The second-order valence-electron chi connectivity index (χ2n) is 6.07. The molecule has 0 atom stereocenters. The second kappa shape index (κ2) is 7.07. The van der Waals surface area contributed by atoms with Crippen LogP contribution in [0.2, 0.25) is 0 Å². The molecule has 0 aliphatic rings. The van der Waals surface area contributed by atoms with Crippen molar-refractivity contribution in [3.8, 4) is 11.1 Å². The zero-order chi connectivity index (χ0) is 17.9. The molecule has 0 saturated carbocycles. The first kappa shape index (κ1) is 17.2. The fourth-order valence-electron chi connectivity index (χ4n) is 2.78. The van der Waals surface area contributed by atoms with Crippen LogP contribution in [0, 0.1) is 13.8 Å². The Kier molecular flexibility index (Phi) is 4.86. The minimum atomic E-state index is -3.45. The summed E-state index contributed by atoms with van der Waals surface area (Å²) in [5.74, 6) is -0.0453. The Hall–Kier alpha value is -2.66. The lowest BCUT2D eigenvalue weighted by Crippen LogP contribution is -2.15. The van der Waals surface area contributed by atoms with Crippen molar-refractivity contribution in [1.82, 2.24) is 4.98 Å². The van der Waals surface area contributed by atoms with Crippen LogP contribution in [0.5, 0.6) is 0 Å². The van der Waals surface area contributed by atoms with Crippen LogP contribution >= 0.6 is 0 Å². The fraction of sp³-hybridized carbons (Fsp3) is 0.150. The fourth-order valence-corrected chi connectivity index (χ4v) is 3.97. The van der Waals surface area contributed by atoms with E-state index < -0.39 is 10.0 Å². The van der Waals surface area contributed by atoms with Crippen molar-refractivity contribution >= 4 is 15.7 Å². The summed E-state index contributed by atoms with van der Waals surface area (Å²) < 4.78 is 27.4. The number of nitrogens with one attached hydrogen (secondary N) is 1. The Morgan fingerprint density at radius 3 is 2.36 bits per heavy atom. The van der Waals surface area contributed by atoms with Gasteiger partial charge in [-0.05, 0) is 54.3 Å². The molecule has 5 heteroatoms. The van der Waals surface area contributed by atoms with Gasteiger partial charge in [-0.25, -0.2) is 8.42 Å². The summed E-state index contributed by atoms with van der Waals surface area (Å²) >= 11 is 0. The van der Waals surface area contributed by atoms with Crippen LogP contribution in [0.3, 0.4) is 0 Å². The van der Waals surface area contributed by atoms with E-state index >= 15 is 0 Å². The Morgan fingerprint density at radius 2 is 1.68 bits per heavy atom. The molecule has 0 bridgehead atoms. The molecule has 0 aliphatic carbocycles. The average Bonchev–Trinajstić information content (AvgIpc) is 2.56. The summed E-state index contributed by atoms with van der Waals surface area (Å²) in [6.45, 7) is 4.00. The molecule has 2 aromatic carbocycles. The zero-order valence-electron chi connectivity index (χ0n) is 14.2. The van der Waals surface area contributed by atoms with Gasteiger partial charge in [0, 0.05) is 23.6 Å². The minimum absolute atomic E-state index is 0.0453. The first-order chi connectivity index (χ1) is 11.9. The zero-order valence-corrected chi connectivity index (χ0v) is 15.0. The van der Waals surface area contributed by atoms with Crippen molar-refractivity contribution in [2.45, 2.75) is 19.6 Å². The van der Waals surface area contributed by atoms with Crippen molar-refractivity contribution in [2.75, 3.05) is 4.72 Å². The predicted molar refractivity (Wildman–Crippen MR) is 102 cm³/mol. The molecule has 25 heavy (non-hydrogen) atoms. The van der Waals surface area contributed by atoms with Crippen molar-refractivity contribution in [3.05, 3.63) is 83.7 Å². The standard InChI is InChI=1S/C20H20N2O2S/c1-15-10-11-21-13-20(15)19-9-8-18(12-16(19)2)22-25(23,24)14-17-6-4-3-5-7-17/h3-13,22H,14H2,1-2H3. The Labute approximate surface area is 148 Å². The lowest BCUT2D eigenvalue weighted by molar-refractivity contribution is 0.600. The molecule has 128 valence electrons. The predicted octanol–water partition coefficient (Wildman–Crippen LogP) is 4.31. The van der Waals surface area contributed by atoms with E-state index in [1.165, 1.54) is 0 Å². The summed E-state index contributed by atoms with van der Waals surface area (Å²) in [7, 11) is -3.45. The molecule has 3 aromatic rings. The molecule has 0 saturated heterocycles. The molecule has 3 rings (SSSR count). The second-order valence-corrected chi connectivity index (χ2v) is 7.79. The number of sulfonamides is 1. The number of aryl methyl sites for hydroxylation is 2. The lowest BCUT2D eigenvalue weighted by atomic mass is 9.98. The summed E-state index contributed by atoms with van der Waals surface area (Å²) in [6.07, 6.45) is 3.59. The number of benzene rings is 2. The van der Waals surface area contributed by atoms with E-state index in [4.69, 9.17) is 0 Å². The summed E-state index contributed by atoms with van der Waals surface area (Å²) in [5, 5.41) is 0. The van der Waals surface area contributed by atoms with Crippen LogP contribution in [0.1, 0.15) is 16.7 Å². The van der Waals surface area contributed by atoms with Crippen LogP contribution in [-0.4, -0.2) is 13.4 Å². The van der Waals surface area contributed by atoms with Crippen LogP contribution < -0.4 is 4.72 Å². The molecule has 1 N–H and O–H groups in total. The summed E-state index contributed by atoms with van der Waals surface area (Å²) in [4.78, 5) is 4.18. The van der Waals surface area contributed by atoms with Crippen LogP contribution in [-0.2, 0) is 15.8 Å². The SMILES string of the molecule is Cc1cc(NS(=O)(=O)Cc2ccccc2)ccc1-c1cnccc1C. The van der Waals surface area contributed by atoms with Gasteiger partial charge < -0.3 is 0 Å². The van der Waals surface area contributed by atoms with Crippen molar-refractivity contribution in [3.63, 3.8) is 0 Å². The molecule has 0 radical (unpaired) electrons. The van der Waals surface area contributed by atoms with Gasteiger partial charge in [0.15, 0.2) is 0 Å². The van der Waals surface area contributed by atoms with Gasteiger partial charge in [0.2, 0.25) is 10.0 Å². The van der Waals surface area contributed by atoms with Crippen molar-refractivity contribution < 1.29 is 8.42 Å². The van der Waals surface area contributed by atoms with E-state index in [0.717, 1.165) is 27.8 Å². The van der Waals surface area contributed by atoms with E-state index in [-0.39, 0.29) is 5.75 Å². The van der Waals surface area contributed by atoms with Gasteiger partial charge in [-0.3, -0.25) is 9.71 Å². The van der Waals surface area contributed by atoms with E-state index in [1.54, 1.807) is 24.4 Å². The number of anilines is 1. The minimum Gasteiger partial charge on any atom is -0.283 e. The van der Waals surface area contributed by atoms with Gasteiger partial charge in [0.05, 0.1) is 5.75 Å². The van der Waals surface area contributed by atoms with Crippen LogP contribution in [0.15, 0.2) is 67.0 Å². The maximum absolute atomic E-state index is 12.4. The molecule has 0 spiro atoms. The van der Waals surface area contributed by atoms with Gasteiger partial charge in [0.1, 0.15) is 0 Å². The largest absolute Gasteiger partial charge is 0.283 e. The summed E-state index contributed by atoms with van der Waals surface area (Å²) in [6, 6.07) is 16.7. The average molecular weight is 352 g/mol.